The molecule has 0 fully saturated rings. The fourth-order valence-electron chi connectivity index (χ4n) is 2.51. The van der Waals surface area contributed by atoms with Crippen LogP contribution >= 0.6 is 11.6 Å². The van der Waals surface area contributed by atoms with E-state index in [2.05, 4.69) is 5.32 Å². The number of benzene rings is 2. The van der Waals surface area contributed by atoms with Gasteiger partial charge in [-0.2, -0.15) is 0 Å². The Kier molecular flexibility index (Phi) is 4.36. The highest BCUT2D eigenvalue weighted by Gasteiger charge is 2.14. The molecule has 3 aromatic rings. The van der Waals surface area contributed by atoms with E-state index in [4.69, 9.17) is 11.6 Å². The van der Waals surface area contributed by atoms with E-state index in [0.717, 1.165) is 11.6 Å². The highest BCUT2D eigenvalue weighted by Crippen LogP contribution is 2.13. The lowest BCUT2D eigenvalue weighted by atomic mass is 10.1. The van der Waals surface area contributed by atoms with Gasteiger partial charge in [-0.05, 0) is 35.9 Å². The largest absolute Gasteiger partial charge is 0.350 e. The van der Waals surface area contributed by atoms with Crippen molar-refractivity contribution in [1.29, 1.82) is 0 Å². The molecule has 24 heavy (non-hydrogen) atoms. The highest BCUT2D eigenvalue weighted by atomic mass is 35.5. The number of nitrogens with zero attached hydrogens (tertiary/aromatic N) is 1. The first-order valence-electron chi connectivity index (χ1n) is 7.27. The van der Waals surface area contributed by atoms with Gasteiger partial charge in [0.05, 0.1) is 5.52 Å². The second-order valence-electron chi connectivity index (χ2n) is 5.45. The summed E-state index contributed by atoms with van der Waals surface area (Å²) in [6.45, 7) is 0.264. The van der Waals surface area contributed by atoms with Gasteiger partial charge in [0.1, 0.15) is 11.4 Å². The maximum atomic E-state index is 13.4. The summed E-state index contributed by atoms with van der Waals surface area (Å²) in [5, 5.41) is 3.48. The number of pyridine rings is 1. The average Bonchev–Trinajstić information content (AvgIpc) is 2.57. The van der Waals surface area contributed by atoms with Crippen LogP contribution in [0.4, 0.5) is 4.39 Å². The first-order chi connectivity index (χ1) is 11.5. The predicted octanol–water partition coefficient (Wildman–Crippen LogP) is 3.26. The molecule has 1 aromatic heterocycles. The molecule has 0 unspecified atom stereocenters. The second kappa shape index (κ2) is 6.45. The molecule has 1 amide bonds. The number of aromatic nitrogens is 1. The molecule has 4 nitrogen and oxygen atoms in total. The molecule has 1 N–H and O–H groups in total. The molecule has 0 saturated heterocycles. The van der Waals surface area contributed by atoms with Crippen LogP contribution in [0.15, 0.2) is 53.5 Å². The van der Waals surface area contributed by atoms with Crippen molar-refractivity contribution in [3.05, 3.63) is 80.9 Å². The van der Waals surface area contributed by atoms with E-state index in [1.165, 1.54) is 18.3 Å². The minimum Gasteiger partial charge on any atom is -0.350 e. The summed E-state index contributed by atoms with van der Waals surface area (Å²) in [7, 11) is 1.70. The van der Waals surface area contributed by atoms with Crippen molar-refractivity contribution in [2.45, 2.75) is 6.54 Å². The van der Waals surface area contributed by atoms with Crippen LogP contribution in [0.25, 0.3) is 10.9 Å². The van der Waals surface area contributed by atoms with Crippen LogP contribution in [0.5, 0.6) is 0 Å². The Hall–Kier alpha value is -2.66. The Morgan fingerprint density at radius 3 is 2.62 bits per heavy atom. The van der Waals surface area contributed by atoms with Crippen LogP contribution in [0.1, 0.15) is 15.9 Å². The van der Waals surface area contributed by atoms with Gasteiger partial charge in [0.2, 0.25) is 5.43 Å². The number of amides is 1. The van der Waals surface area contributed by atoms with E-state index in [0.29, 0.717) is 10.5 Å². The van der Waals surface area contributed by atoms with E-state index < -0.39 is 17.2 Å². The van der Waals surface area contributed by atoms with Gasteiger partial charge in [0.15, 0.2) is 0 Å². The monoisotopic (exact) mass is 344 g/mol. The molecule has 0 radical (unpaired) electrons. The predicted molar refractivity (Wildman–Crippen MR) is 91.8 cm³/mol. The molecule has 3 rings (SSSR count). The summed E-state index contributed by atoms with van der Waals surface area (Å²) in [6, 6.07) is 11.0. The zero-order chi connectivity index (χ0) is 17.3. The van der Waals surface area contributed by atoms with E-state index in [-0.39, 0.29) is 17.5 Å². The van der Waals surface area contributed by atoms with Crippen molar-refractivity contribution in [3.63, 3.8) is 0 Å². The molecule has 0 spiro atoms. The van der Waals surface area contributed by atoms with Crippen molar-refractivity contribution in [1.82, 2.24) is 9.88 Å². The lowest BCUT2D eigenvalue weighted by Gasteiger charge is -2.10. The molecule has 0 aliphatic carbocycles. The third-order valence-corrected chi connectivity index (χ3v) is 4.01. The molecule has 6 heteroatoms. The molecule has 0 aliphatic rings. The number of hydrogen-bond acceptors (Lipinski definition) is 2. The van der Waals surface area contributed by atoms with Gasteiger partial charge in [0.25, 0.3) is 5.91 Å². The summed E-state index contributed by atoms with van der Waals surface area (Å²) in [5.74, 6) is -1.02. The van der Waals surface area contributed by atoms with Gasteiger partial charge in [-0.3, -0.25) is 9.59 Å². The molecule has 2 aromatic carbocycles. The number of halogens is 2. The Morgan fingerprint density at radius 2 is 1.92 bits per heavy atom. The van der Waals surface area contributed by atoms with E-state index >= 15 is 0 Å². The van der Waals surface area contributed by atoms with Gasteiger partial charge in [-0.25, -0.2) is 4.39 Å². The number of carbonyl (C=O) groups is 1. The lowest BCUT2D eigenvalue weighted by molar-refractivity contribution is 0.0949. The molecule has 0 bridgehead atoms. The van der Waals surface area contributed by atoms with Crippen molar-refractivity contribution >= 4 is 28.4 Å². The molecule has 1 heterocycles. The third kappa shape index (κ3) is 3.16. The third-order valence-electron chi connectivity index (χ3n) is 3.76. The van der Waals surface area contributed by atoms with E-state index in [1.807, 2.05) is 0 Å². The molecule has 0 aliphatic heterocycles. The molecular formula is C18H14ClFN2O2. The van der Waals surface area contributed by atoms with Crippen LogP contribution in [0, 0.1) is 5.82 Å². The summed E-state index contributed by atoms with van der Waals surface area (Å²) in [4.78, 5) is 24.8. The van der Waals surface area contributed by atoms with E-state index in [9.17, 15) is 14.0 Å². The van der Waals surface area contributed by atoms with Crippen LogP contribution < -0.4 is 10.7 Å². The maximum absolute atomic E-state index is 13.4. The van der Waals surface area contributed by atoms with Crippen LogP contribution in [0.3, 0.4) is 0 Å². The van der Waals surface area contributed by atoms with Crippen LogP contribution in [-0.2, 0) is 13.6 Å². The maximum Gasteiger partial charge on any atom is 0.257 e. The Morgan fingerprint density at radius 1 is 1.21 bits per heavy atom. The van der Waals surface area contributed by atoms with Crippen molar-refractivity contribution < 1.29 is 9.18 Å². The Bertz CT molecular complexity index is 981. The van der Waals surface area contributed by atoms with Crippen molar-refractivity contribution in [2.75, 3.05) is 0 Å². The number of hydrogen-bond donors (Lipinski definition) is 1. The molecule has 122 valence electrons. The minimum absolute atomic E-state index is 0.0236. The van der Waals surface area contributed by atoms with Gasteiger partial charge in [0, 0.05) is 30.2 Å². The first-order valence-corrected chi connectivity index (χ1v) is 7.65. The van der Waals surface area contributed by atoms with Crippen LogP contribution in [0.2, 0.25) is 5.02 Å². The van der Waals surface area contributed by atoms with Gasteiger partial charge >= 0.3 is 0 Å². The highest BCUT2D eigenvalue weighted by molar-refractivity contribution is 6.30. The van der Waals surface area contributed by atoms with Gasteiger partial charge in [-0.15, -0.1) is 0 Å². The lowest BCUT2D eigenvalue weighted by Crippen LogP contribution is -2.29. The molecule has 0 atom stereocenters. The standard InChI is InChI=1S/C18H14ClFN2O2/c1-22-10-15(17(23)14-8-13(20)6-7-16(14)22)18(24)21-9-11-2-4-12(19)5-3-11/h2-8,10H,9H2,1H3,(H,21,24). The number of aryl methyl sites for hydroxylation is 1. The minimum atomic E-state index is -0.515. The van der Waals surface area contributed by atoms with E-state index in [1.54, 1.807) is 35.9 Å². The second-order valence-corrected chi connectivity index (χ2v) is 5.89. The number of rotatable bonds is 3. The number of carbonyl (C=O) groups excluding carboxylic acids is 1. The van der Waals surface area contributed by atoms with Crippen LogP contribution in [-0.4, -0.2) is 10.5 Å². The quantitative estimate of drug-likeness (QED) is 0.793. The fourth-order valence-corrected chi connectivity index (χ4v) is 2.63. The molecule has 0 saturated carbocycles. The summed E-state index contributed by atoms with van der Waals surface area (Å²) in [6.07, 6.45) is 1.46. The summed E-state index contributed by atoms with van der Waals surface area (Å²) >= 11 is 5.81. The first kappa shape index (κ1) is 16.2. The Labute approximate surface area is 142 Å². The number of fused-ring (bicyclic) bond motifs is 1. The number of nitrogens with one attached hydrogen (secondary N) is 1. The van der Waals surface area contributed by atoms with Gasteiger partial charge < -0.3 is 9.88 Å². The Balaban J connectivity index is 1.91. The zero-order valence-corrected chi connectivity index (χ0v) is 13.6. The normalized spacial score (nSPS) is 10.8. The summed E-state index contributed by atoms with van der Waals surface area (Å²) < 4.78 is 15.1. The van der Waals surface area contributed by atoms with Crippen molar-refractivity contribution in [3.8, 4) is 0 Å². The average molecular weight is 345 g/mol. The SMILES string of the molecule is Cn1cc(C(=O)NCc2ccc(Cl)cc2)c(=O)c2cc(F)ccc21. The molecular weight excluding hydrogens is 331 g/mol. The van der Waals surface area contributed by atoms with Crippen molar-refractivity contribution in [2.24, 2.45) is 7.05 Å². The zero-order valence-electron chi connectivity index (χ0n) is 12.8. The van der Waals surface area contributed by atoms with Gasteiger partial charge in [-0.1, -0.05) is 23.7 Å². The summed E-state index contributed by atoms with van der Waals surface area (Å²) in [5.41, 5.74) is 0.910. The fraction of sp³-hybridized carbons (Fsp3) is 0.111. The topological polar surface area (TPSA) is 51.1 Å². The smallest absolute Gasteiger partial charge is 0.257 e.